The number of pyridine rings is 1. The first-order valence-corrected chi connectivity index (χ1v) is 12.2. The van der Waals surface area contributed by atoms with Crippen LogP contribution >= 0.6 is 0 Å². The fourth-order valence-corrected chi connectivity index (χ4v) is 5.22. The van der Waals surface area contributed by atoms with Gasteiger partial charge in [-0.25, -0.2) is 22.7 Å². The summed E-state index contributed by atoms with van der Waals surface area (Å²) in [5.74, 6) is 0.877. The Labute approximate surface area is 177 Å². The molecule has 0 aliphatic carbocycles. The molecule has 0 saturated carbocycles. The molecular weight excluding hydrogens is 402 g/mol. The quantitative estimate of drug-likeness (QED) is 0.737. The number of hydrogen-bond acceptors (Lipinski definition) is 6. The van der Waals surface area contributed by atoms with Gasteiger partial charge in [-0.1, -0.05) is 0 Å². The predicted octanol–water partition coefficient (Wildman–Crippen LogP) is 1.92. The highest BCUT2D eigenvalue weighted by atomic mass is 32.2. The zero-order valence-electron chi connectivity index (χ0n) is 17.1. The summed E-state index contributed by atoms with van der Waals surface area (Å²) in [7, 11) is -3.18. The maximum atomic E-state index is 13.1. The van der Waals surface area contributed by atoms with Crippen LogP contribution in [0.25, 0.3) is 11.4 Å². The average molecular weight is 430 g/mol. The number of carbonyl (C=O) groups is 1. The molecule has 1 atom stereocenters. The molecule has 160 valence electrons. The number of sulfonamides is 1. The average Bonchev–Trinajstić information content (AvgIpc) is 2.79. The summed E-state index contributed by atoms with van der Waals surface area (Å²) in [6, 6.07) is 5.73. The van der Waals surface area contributed by atoms with E-state index >= 15 is 0 Å². The molecule has 1 amide bonds. The summed E-state index contributed by atoms with van der Waals surface area (Å²) in [6.07, 6.45) is 9.57. The summed E-state index contributed by atoms with van der Waals surface area (Å²) in [5, 5.41) is 0. The van der Waals surface area contributed by atoms with Gasteiger partial charge in [0, 0.05) is 67.9 Å². The molecule has 0 bridgehead atoms. The minimum atomic E-state index is -3.18. The largest absolute Gasteiger partial charge is 0.342 e. The Morgan fingerprint density at radius 3 is 2.60 bits per heavy atom. The third-order valence-corrected chi connectivity index (χ3v) is 7.32. The summed E-state index contributed by atoms with van der Waals surface area (Å²) < 4.78 is 24.9. The SMILES string of the molecule is CS(=O)(=O)N1CCC(C(=O)N2CCC[C@@H](c3ccnc(-c4cccnc4)n3)C2)CC1. The van der Waals surface area contributed by atoms with Crippen molar-refractivity contribution in [3.05, 3.63) is 42.5 Å². The van der Waals surface area contributed by atoms with E-state index < -0.39 is 10.0 Å². The van der Waals surface area contributed by atoms with Gasteiger partial charge in [0.1, 0.15) is 0 Å². The first-order chi connectivity index (χ1) is 14.4. The molecule has 0 unspecified atom stereocenters. The Bertz CT molecular complexity index is 991. The fourth-order valence-electron chi connectivity index (χ4n) is 4.35. The number of rotatable bonds is 4. The van der Waals surface area contributed by atoms with Crippen molar-refractivity contribution in [2.45, 2.75) is 31.6 Å². The van der Waals surface area contributed by atoms with Gasteiger partial charge in [0.25, 0.3) is 0 Å². The molecule has 4 rings (SSSR count). The molecule has 2 fully saturated rings. The molecule has 8 nitrogen and oxygen atoms in total. The molecular formula is C21H27N5O3S. The molecule has 0 N–H and O–H groups in total. The third kappa shape index (κ3) is 4.67. The van der Waals surface area contributed by atoms with Gasteiger partial charge in [0.05, 0.1) is 6.26 Å². The minimum absolute atomic E-state index is 0.0990. The van der Waals surface area contributed by atoms with Gasteiger partial charge >= 0.3 is 0 Å². The minimum Gasteiger partial charge on any atom is -0.342 e. The Morgan fingerprint density at radius 1 is 1.10 bits per heavy atom. The molecule has 0 radical (unpaired) electrons. The number of likely N-dealkylation sites (tertiary alicyclic amines) is 1. The van der Waals surface area contributed by atoms with Crippen molar-refractivity contribution in [1.82, 2.24) is 24.2 Å². The van der Waals surface area contributed by atoms with Crippen molar-refractivity contribution in [3.8, 4) is 11.4 Å². The normalized spacial score (nSPS) is 21.5. The summed E-state index contributed by atoms with van der Waals surface area (Å²) >= 11 is 0. The van der Waals surface area contributed by atoms with Crippen LogP contribution in [0, 0.1) is 5.92 Å². The fraction of sp³-hybridized carbons (Fsp3) is 0.524. The summed E-state index contributed by atoms with van der Waals surface area (Å²) in [5.41, 5.74) is 1.83. The molecule has 2 saturated heterocycles. The lowest BCUT2D eigenvalue weighted by Gasteiger charge is -2.37. The summed E-state index contributed by atoms with van der Waals surface area (Å²) in [4.78, 5) is 28.3. The molecule has 4 heterocycles. The van der Waals surface area contributed by atoms with Crippen molar-refractivity contribution in [2.75, 3.05) is 32.4 Å². The van der Waals surface area contributed by atoms with Gasteiger partial charge in [-0.3, -0.25) is 9.78 Å². The van der Waals surface area contributed by atoms with E-state index in [1.54, 1.807) is 18.6 Å². The van der Waals surface area contributed by atoms with E-state index in [0.717, 1.165) is 30.6 Å². The van der Waals surface area contributed by atoms with Gasteiger partial charge < -0.3 is 4.90 Å². The first-order valence-electron chi connectivity index (χ1n) is 10.4. The van der Waals surface area contributed by atoms with Crippen molar-refractivity contribution in [2.24, 2.45) is 5.92 Å². The highest BCUT2D eigenvalue weighted by molar-refractivity contribution is 7.88. The van der Waals surface area contributed by atoms with E-state index in [1.165, 1.54) is 10.6 Å². The van der Waals surface area contributed by atoms with Crippen LogP contribution in [0.3, 0.4) is 0 Å². The van der Waals surface area contributed by atoms with Crippen LogP contribution in [-0.4, -0.2) is 70.9 Å². The molecule has 9 heteroatoms. The molecule has 2 aromatic rings. The maximum Gasteiger partial charge on any atom is 0.225 e. The molecule has 2 aromatic heterocycles. The third-order valence-electron chi connectivity index (χ3n) is 6.02. The Morgan fingerprint density at radius 2 is 1.90 bits per heavy atom. The van der Waals surface area contributed by atoms with Crippen molar-refractivity contribution in [1.29, 1.82) is 0 Å². The van der Waals surface area contributed by atoms with E-state index in [4.69, 9.17) is 4.98 Å². The van der Waals surface area contributed by atoms with Crippen LogP contribution in [-0.2, 0) is 14.8 Å². The highest BCUT2D eigenvalue weighted by Crippen LogP contribution is 2.29. The lowest BCUT2D eigenvalue weighted by Crippen LogP contribution is -2.46. The van der Waals surface area contributed by atoms with E-state index in [-0.39, 0.29) is 17.7 Å². The number of nitrogens with zero attached hydrogens (tertiary/aromatic N) is 5. The van der Waals surface area contributed by atoms with Crippen LogP contribution in [0.4, 0.5) is 0 Å². The van der Waals surface area contributed by atoms with Crippen molar-refractivity contribution < 1.29 is 13.2 Å². The molecule has 30 heavy (non-hydrogen) atoms. The van der Waals surface area contributed by atoms with Crippen molar-refractivity contribution in [3.63, 3.8) is 0 Å². The van der Waals surface area contributed by atoms with Gasteiger partial charge in [-0.05, 0) is 43.9 Å². The van der Waals surface area contributed by atoms with Gasteiger partial charge in [-0.2, -0.15) is 0 Å². The monoisotopic (exact) mass is 429 g/mol. The van der Waals surface area contributed by atoms with Crippen LogP contribution in [0.5, 0.6) is 0 Å². The first kappa shape index (κ1) is 20.9. The molecule has 2 aliphatic heterocycles. The second-order valence-corrected chi connectivity index (χ2v) is 10.1. The Kier molecular flexibility index (Phi) is 6.10. The number of hydrogen-bond donors (Lipinski definition) is 0. The van der Waals surface area contributed by atoms with Crippen molar-refractivity contribution >= 4 is 15.9 Å². The number of piperidine rings is 2. The zero-order valence-corrected chi connectivity index (χ0v) is 18.0. The molecule has 2 aliphatic rings. The van der Waals surface area contributed by atoms with Crippen LogP contribution in [0.15, 0.2) is 36.8 Å². The second-order valence-electron chi connectivity index (χ2n) is 8.11. The topological polar surface area (TPSA) is 96.4 Å². The lowest BCUT2D eigenvalue weighted by molar-refractivity contribution is -0.138. The Balaban J connectivity index is 1.42. The number of amides is 1. The van der Waals surface area contributed by atoms with E-state index in [0.29, 0.717) is 38.3 Å². The van der Waals surface area contributed by atoms with Crippen LogP contribution in [0.1, 0.15) is 37.3 Å². The van der Waals surface area contributed by atoms with Gasteiger partial charge in [0.15, 0.2) is 5.82 Å². The Hall–Kier alpha value is -2.39. The number of carbonyl (C=O) groups excluding carboxylic acids is 1. The summed E-state index contributed by atoms with van der Waals surface area (Å²) in [6.45, 7) is 2.25. The van der Waals surface area contributed by atoms with Crippen LogP contribution < -0.4 is 0 Å². The van der Waals surface area contributed by atoms with E-state index in [1.807, 2.05) is 23.1 Å². The zero-order chi connectivity index (χ0) is 21.1. The smallest absolute Gasteiger partial charge is 0.225 e. The van der Waals surface area contributed by atoms with Crippen LogP contribution in [0.2, 0.25) is 0 Å². The van der Waals surface area contributed by atoms with Gasteiger partial charge in [0.2, 0.25) is 15.9 Å². The molecule has 0 aromatic carbocycles. The highest BCUT2D eigenvalue weighted by Gasteiger charge is 2.34. The number of aromatic nitrogens is 3. The predicted molar refractivity (Wildman–Crippen MR) is 113 cm³/mol. The lowest BCUT2D eigenvalue weighted by atomic mass is 9.91. The second kappa shape index (κ2) is 8.77. The van der Waals surface area contributed by atoms with E-state index in [9.17, 15) is 13.2 Å². The van der Waals surface area contributed by atoms with Gasteiger partial charge in [-0.15, -0.1) is 0 Å². The maximum absolute atomic E-state index is 13.1. The standard InChI is InChI=1S/C21H27N5O3S/c1-30(28,29)26-12-7-16(8-13-26)21(27)25-11-3-5-18(15-25)19-6-10-23-20(24-19)17-4-2-9-22-14-17/h2,4,6,9-10,14,16,18H,3,5,7-8,11-13,15H2,1H3/t18-/m1/s1. The van der Waals surface area contributed by atoms with E-state index in [2.05, 4.69) is 9.97 Å². The molecule has 0 spiro atoms.